The van der Waals surface area contributed by atoms with Gasteiger partial charge in [0, 0.05) is 12.2 Å². The van der Waals surface area contributed by atoms with Crippen LogP contribution >= 0.6 is 21.6 Å². The third-order valence-electron chi connectivity index (χ3n) is 6.01. The average Bonchev–Trinajstić information content (AvgIpc) is 2.88. The number of carboxylic acids is 1. The Labute approximate surface area is 228 Å². The first-order chi connectivity index (χ1) is 18.0. The SMILES string of the molecule is CC1(C)SSC[C@@H](NC(=O)[C@@H](N)Cc2ccc(O)cc2)C(=O)NC(Cc2ccccc2)C(=O)NC1C(=O)O. The van der Waals surface area contributed by atoms with Crippen LogP contribution in [0.1, 0.15) is 25.0 Å². The minimum absolute atomic E-state index is 0.0950. The normalized spacial score (nSPS) is 22.8. The molecule has 1 heterocycles. The Bertz CT molecular complexity index is 1150. The van der Waals surface area contributed by atoms with E-state index in [0.29, 0.717) is 0 Å². The van der Waals surface area contributed by atoms with Gasteiger partial charge in [0.05, 0.1) is 10.8 Å². The molecule has 12 heteroatoms. The number of aliphatic carboxylic acids is 1. The van der Waals surface area contributed by atoms with Gasteiger partial charge in [-0.2, -0.15) is 0 Å². The zero-order valence-corrected chi connectivity index (χ0v) is 22.7. The van der Waals surface area contributed by atoms with Gasteiger partial charge in [-0.25, -0.2) is 4.79 Å². The lowest BCUT2D eigenvalue weighted by molar-refractivity contribution is -0.143. The number of carbonyl (C=O) groups is 4. The van der Waals surface area contributed by atoms with Crippen molar-refractivity contribution >= 4 is 45.3 Å². The van der Waals surface area contributed by atoms with Crippen LogP contribution in [0, 0.1) is 0 Å². The molecule has 3 rings (SSSR count). The van der Waals surface area contributed by atoms with Gasteiger partial charge in [-0.1, -0.05) is 64.1 Å². The predicted molar refractivity (Wildman–Crippen MR) is 147 cm³/mol. The summed E-state index contributed by atoms with van der Waals surface area (Å²) in [5.74, 6) is -2.74. The van der Waals surface area contributed by atoms with Crippen molar-refractivity contribution in [3.05, 3.63) is 65.7 Å². The van der Waals surface area contributed by atoms with E-state index in [-0.39, 0.29) is 24.3 Å². The molecule has 0 saturated carbocycles. The van der Waals surface area contributed by atoms with Gasteiger partial charge < -0.3 is 31.9 Å². The van der Waals surface area contributed by atoms with Crippen LogP contribution in [0.4, 0.5) is 0 Å². The van der Waals surface area contributed by atoms with E-state index in [1.54, 1.807) is 50.2 Å². The summed E-state index contributed by atoms with van der Waals surface area (Å²) < 4.78 is -0.930. The lowest BCUT2D eigenvalue weighted by atomic mass is 10.0. The molecule has 204 valence electrons. The molecular formula is C26H32N4O6S2. The molecule has 0 bridgehead atoms. The molecule has 0 radical (unpaired) electrons. The van der Waals surface area contributed by atoms with Gasteiger partial charge in [0.1, 0.15) is 23.9 Å². The minimum Gasteiger partial charge on any atom is -0.508 e. The molecule has 2 unspecified atom stereocenters. The number of phenolic OH excluding ortho intramolecular Hbond substituents is 1. The first-order valence-corrected chi connectivity index (χ1v) is 14.3. The monoisotopic (exact) mass is 560 g/mol. The Balaban J connectivity index is 1.81. The van der Waals surface area contributed by atoms with Crippen LogP contribution < -0.4 is 21.7 Å². The zero-order chi connectivity index (χ0) is 27.9. The summed E-state index contributed by atoms with van der Waals surface area (Å²) in [6.45, 7) is 3.40. The second kappa shape index (κ2) is 13.0. The van der Waals surface area contributed by atoms with E-state index in [1.807, 2.05) is 6.07 Å². The number of amides is 3. The fraction of sp³-hybridized carbons (Fsp3) is 0.385. The first kappa shape index (κ1) is 29.3. The molecule has 1 fully saturated rings. The maximum Gasteiger partial charge on any atom is 0.327 e. The van der Waals surface area contributed by atoms with Gasteiger partial charge in [0.15, 0.2) is 0 Å². The molecule has 4 atom stereocenters. The molecule has 2 aromatic carbocycles. The number of carbonyl (C=O) groups excluding carboxylic acids is 3. The highest BCUT2D eigenvalue weighted by Gasteiger charge is 2.40. The Morgan fingerprint density at radius 3 is 2.34 bits per heavy atom. The van der Waals surface area contributed by atoms with E-state index in [2.05, 4.69) is 16.0 Å². The number of carboxylic acid groups (broad SMARTS) is 1. The van der Waals surface area contributed by atoms with Crippen LogP contribution in [0.15, 0.2) is 54.6 Å². The summed E-state index contributed by atoms with van der Waals surface area (Å²) in [5, 5.41) is 27.3. The maximum atomic E-state index is 13.3. The van der Waals surface area contributed by atoms with Gasteiger partial charge in [-0.15, -0.1) is 0 Å². The third-order valence-corrected chi connectivity index (χ3v) is 9.32. The second-order valence-electron chi connectivity index (χ2n) is 9.54. The molecule has 10 nitrogen and oxygen atoms in total. The number of nitrogens with one attached hydrogen (secondary N) is 3. The Kier molecular flexibility index (Phi) is 10.1. The first-order valence-electron chi connectivity index (χ1n) is 12.0. The smallest absolute Gasteiger partial charge is 0.327 e. The Hall–Kier alpha value is -3.22. The third kappa shape index (κ3) is 8.14. The van der Waals surface area contributed by atoms with Gasteiger partial charge in [0.2, 0.25) is 17.7 Å². The number of hydrogen-bond acceptors (Lipinski definition) is 8. The highest BCUT2D eigenvalue weighted by molar-refractivity contribution is 8.77. The summed E-state index contributed by atoms with van der Waals surface area (Å²) in [7, 11) is 2.43. The van der Waals surface area contributed by atoms with Crippen molar-refractivity contribution in [2.45, 2.75) is 55.6 Å². The molecule has 7 N–H and O–H groups in total. The number of benzene rings is 2. The standard InChI is InChI=1S/C26H32N4O6S2/c1-26(2)21(25(35)36)30-23(33)19(13-15-6-4-3-5-7-15)28-24(34)20(14-37-38-26)29-22(32)18(27)12-16-8-10-17(31)11-9-16/h3-11,18-21,31H,12-14,27H2,1-2H3,(H,28,34)(H,29,32)(H,30,33)(H,35,36)/t18-,19?,20+,21?/m0/s1. The molecule has 1 saturated heterocycles. The van der Waals surface area contributed by atoms with Crippen molar-refractivity contribution < 1.29 is 29.4 Å². The highest BCUT2D eigenvalue weighted by atomic mass is 33.1. The zero-order valence-electron chi connectivity index (χ0n) is 21.0. The summed E-state index contributed by atoms with van der Waals surface area (Å²) in [6.07, 6.45) is 0.321. The summed E-state index contributed by atoms with van der Waals surface area (Å²) in [4.78, 5) is 51.5. The Morgan fingerprint density at radius 2 is 1.71 bits per heavy atom. The van der Waals surface area contributed by atoms with Crippen LogP contribution in [-0.4, -0.2) is 68.6 Å². The van der Waals surface area contributed by atoms with E-state index < -0.39 is 52.6 Å². The van der Waals surface area contributed by atoms with Gasteiger partial charge in [-0.3, -0.25) is 14.4 Å². The highest BCUT2D eigenvalue weighted by Crippen LogP contribution is 2.39. The number of rotatable bonds is 7. The van der Waals surface area contributed by atoms with Crippen molar-refractivity contribution in [1.29, 1.82) is 0 Å². The molecule has 1 aliphatic rings. The van der Waals surface area contributed by atoms with Crippen LogP contribution in [-0.2, 0) is 32.0 Å². The molecule has 1 aliphatic heterocycles. The number of aromatic hydroxyl groups is 1. The van der Waals surface area contributed by atoms with Gasteiger partial charge in [0.25, 0.3) is 0 Å². The molecule has 2 aromatic rings. The maximum absolute atomic E-state index is 13.3. The van der Waals surface area contributed by atoms with Crippen molar-refractivity contribution in [3.8, 4) is 5.75 Å². The van der Waals surface area contributed by atoms with Crippen LogP contribution in [0.3, 0.4) is 0 Å². The van der Waals surface area contributed by atoms with Crippen LogP contribution in [0.2, 0.25) is 0 Å². The number of phenols is 1. The van der Waals surface area contributed by atoms with Crippen LogP contribution in [0.5, 0.6) is 5.75 Å². The topological polar surface area (TPSA) is 171 Å². The Morgan fingerprint density at radius 1 is 1.05 bits per heavy atom. The summed E-state index contributed by atoms with van der Waals surface area (Å²) >= 11 is 0. The molecule has 3 amide bonds. The lowest BCUT2D eigenvalue weighted by Crippen LogP contribution is -2.59. The fourth-order valence-corrected chi connectivity index (χ4v) is 6.66. The number of hydrogen-bond donors (Lipinski definition) is 6. The molecule has 38 heavy (non-hydrogen) atoms. The average molecular weight is 561 g/mol. The van der Waals surface area contributed by atoms with Gasteiger partial charge >= 0.3 is 5.97 Å². The van der Waals surface area contributed by atoms with E-state index in [9.17, 15) is 29.4 Å². The molecule has 0 spiro atoms. The van der Waals surface area contributed by atoms with E-state index in [0.717, 1.165) is 11.1 Å². The van der Waals surface area contributed by atoms with Crippen molar-refractivity contribution in [2.24, 2.45) is 5.73 Å². The molecule has 0 aliphatic carbocycles. The largest absolute Gasteiger partial charge is 0.508 e. The molecule has 0 aromatic heterocycles. The van der Waals surface area contributed by atoms with Crippen molar-refractivity contribution in [3.63, 3.8) is 0 Å². The second-order valence-corrected chi connectivity index (χ2v) is 12.5. The summed E-state index contributed by atoms with van der Waals surface area (Å²) in [5.41, 5.74) is 7.61. The van der Waals surface area contributed by atoms with Crippen LogP contribution in [0.25, 0.3) is 0 Å². The van der Waals surface area contributed by atoms with Crippen molar-refractivity contribution in [2.75, 3.05) is 5.75 Å². The quantitative estimate of drug-likeness (QED) is 0.272. The predicted octanol–water partition coefficient (Wildman–Crippen LogP) is 1.22. The molecular weight excluding hydrogens is 528 g/mol. The minimum atomic E-state index is -1.22. The summed E-state index contributed by atoms with van der Waals surface area (Å²) in [6, 6.07) is 11.1. The number of nitrogens with two attached hydrogens (primary N) is 1. The van der Waals surface area contributed by atoms with Gasteiger partial charge in [-0.05, 0) is 43.5 Å². The van der Waals surface area contributed by atoms with E-state index in [4.69, 9.17) is 5.73 Å². The fourth-order valence-electron chi connectivity index (χ4n) is 3.85. The van der Waals surface area contributed by atoms with E-state index in [1.165, 1.54) is 33.7 Å². The lowest BCUT2D eigenvalue weighted by Gasteiger charge is -2.31. The van der Waals surface area contributed by atoms with E-state index >= 15 is 0 Å². The van der Waals surface area contributed by atoms with Crippen molar-refractivity contribution in [1.82, 2.24) is 16.0 Å².